The topological polar surface area (TPSA) is 27.6 Å². The van der Waals surface area contributed by atoms with Crippen LogP contribution in [-0.4, -0.2) is 23.7 Å². The van der Waals surface area contributed by atoms with Gasteiger partial charge in [-0.1, -0.05) is 24.6 Å². The molecule has 1 N–H and O–H groups in total. The predicted octanol–water partition coefficient (Wildman–Crippen LogP) is 4.31. The number of nitrogens with zero attached hydrogens (tertiary/aromatic N) is 2. The molecule has 5 rings (SSSR count). The Bertz CT molecular complexity index is 727. The molecule has 0 radical (unpaired) electrons. The molecular weight excluding hydrogens is 318 g/mol. The van der Waals surface area contributed by atoms with Gasteiger partial charge in [0.2, 0.25) is 0 Å². The minimum atomic E-state index is 0.378. The number of fused-ring (bicyclic) bond motifs is 5. The summed E-state index contributed by atoms with van der Waals surface area (Å²) in [6, 6.07) is 0.378. The molecule has 3 heterocycles. The van der Waals surface area contributed by atoms with Gasteiger partial charge >= 0.3 is 0 Å². The third-order valence-electron chi connectivity index (χ3n) is 6.50. The SMILES string of the molecule is CCC1CC[C@H]2C3=C1NC=C1C(Cl)=CCCC1N3C1=CC=NC[C@@H]12. The van der Waals surface area contributed by atoms with E-state index in [1.165, 1.54) is 36.2 Å². The quantitative estimate of drug-likeness (QED) is 0.769. The van der Waals surface area contributed by atoms with E-state index in [9.17, 15) is 0 Å². The number of rotatable bonds is 1. The monoisotopic (exact) mass is 341 g/mol. The van der Waals surface area contributed by atoms with Gasteiger partial charge in [-0.15, -0.1) is 0 Å². The summed E-state index contributed by atoms with van der Waals surface area (Å²) < 4.78 is 0. The fraction of sp³-hybridized carbons (Fsp3) is 0.550. The first-order valence-corrected chi connectivity index (χ1v) is 9.73. The number of aliphatic imine (C=N–C) groups is 1. The van der Waals surface area contributed by atoms with E-state index >= 15 is 0 Å². The van der Waals surface area contributed by atoms with Crippen molar-refractivity contribution in [2.45, 2.75) is 45.1 Å². The lowest BCUT2D eigenvalue weighted by molar-refractivity contribution is 0.313. The van der Waals surface area contributed by atoms with Crippen molar-refractivity contribution >= 4 is 17.8 Å². The lowest BCUT2D eigenvalue weighted by Gasteiger charge is -2.37. The molecule has 0 aromatic rings. The highest BCUT2D eigenvalue weighted by atomic mass is 35.5. The summed E-state index contributed by atoms with van der Waals surface area (Å²) in [4.78, 5) is 7.24. The number of halogens is 1. The zero-order valence-corrected chi connectivity index (χ0v) is 14.9. The van der Waals surface area contributed by atoms with E-state index in [1.807, 2.05) is 6.21 Å². The van der Waals surface area contributed by atoms with E-state index in [-0.39, 0.29) is 0 Å². The van der Waals surface area contributed by atoms with Crippen LogP contribution < -0.4 is 5.32 Å². The van der Waals surface area contributed by atoms with Gasteiger partial charge in [0.1, 0.15) is 0 Å². The molecule has 3 aliphatic heterocycles. The molecule has 0 amide bonds. The summed E-state index contributed by atoms with van der Waals surface area (Å²) in [5.74, 6) is 1.82. The normalized spacial score (nSPS) is 36.8. The molecule has 3 nitrogen and oxygen atoms in total. The third kappa shape index (κ3) is 1.94. The molecule has 5 aliphatic rings. The number of nitrogens with one attached hydrogen (secondary N) is 1. The lowest BCUT2D eigenvalue weighted by Crippen LogP contribution is -2.35. The Balaban J connectivity index is 1.70. The van der Waals surface area contributed by atoms with Gasteiger partial charge in [0, 0.05) is 64.4 Å². The van der Waals surface area contributed by atoms with Crippen LogP contribution in [-0.2, 0) is 0 Å². The van der Waals surface area contributed by atoms with Crippen molar-refractivity contribution in [1.82, 2.24) is 10.2 Å². The Labute approximate surface area is 148 Å². The summed E-state index contributed by atoms with van der Waals surface area (Å²) >= 11 is 6.60. The van der Waals surface area contributed by atoms with Crippen molar-refractivity contribution in [3.63, 3.8) is 0 Å². The van der Waals surface area contributed by atoms with Crippen LogP contribution in [0.15, 0.2) is 51.0 Å². The number of allylic oxidation sites excluding steroid dienone is 4. The van der Waals surface area contributed by atoms with E-state index in [4.69, 9.17) is 11.6 Å². The van der Waals surface area contributed by atoms with Gasteiger partial charge < -0.3 is 10.2 Å². The highest BCUT2D eigenvalue weighted by Crippen LogP contribution is 2.54. The van der Waals surface area contributed by atoms with Crippen LogP contribution in [0.2, 0.25) is 0 Å². The van der Waals surface area contributed by atoms with Crippen molar-refractivity contribution in [3.8, 4) is 0 Å². The maximum absolute atomic E-state index is 6.60. The lowest BCUT2D eigenvalue weighted by atomic mass is 9.77. The van der Waals surface area contributed by atoms with Crippen LogP contribution in [0.4, 0.5) is 0 Å². The molecular formula is C20H24ClN3. The van der Waals surface area contributed by atoms with Crippen molar-refractivity contribution in [2.75, 3.05) is 6.54 Å². The third-order valence-corrected chi connectivity index (χ3v) is 6.88. The molecule has 24 heavy (non-hydrogen) atoms. The van der Waals surface area contributed by atoms with Crippen LogP contribution >= 0.6 is 11.6 Å². The van der Waals surface area contributed by atoms with E-state index in [0.29, 0.717) is 23.8 Å². The largest absolute Gasteiger partial charge is 0.363 e. The van der Waals surface area contributed by atoms with Crippen molar-refractivity contribution < 1.29 is 0 Å². The first kappa shape index (κ1) is 14.8. The zero-order valence-electron chi connectivity index (χ0n) is 14.1. The molecule has 0 spiro atoms. The van der Waals surface area contributed by atoms with Gasteiger partial charge in [-0.25, -0.2) is 0 Å². The maximum atomic E-state index is 6.60. The fourth-order valence-corrected chi connectivity index (χ4v) is 5.65. The highest BCUT2D eigenvalue weighted by molar-refractivity contribution is 6.32. The van der Waals surface area contributed by atoms with E-state index in [1.54, 1.807) is 5.70 Å². The van der Waals surface area contributed by atoms with Gasteiger partial charge in [-0.3, -0.25) is 4.99 Å². The molecule has 126 valence electrons. The fourth-order valence-electron chi connectivity index (χ4n) is 5.36. The van der Waals surface area contributed by atoms with E-state index in [0.717, 1.165) is 24.4 Å². The molecule has 1 fully saturated rings. The Morgan fingerprint density at radius 2 is 2.21 bits per heavy atom. The highest BCUT2D eigenvalue weighted by Gasteiger charge is 2.50. The molecule has 0 bridgehead atoms. The molecule has 2 unspecified atom stereocenters. The Morgan fingerprint density at radius 3 is 3.08 bits per heavy atom. The average Bonchev–Trinajstić information content (AvgIpc) is 2.83. The standard InChI is InChI=1S/C20H24ClN3/c1-2-12-6-7-13-14-10-22-9-8-18(14)24-17-5-3-4-16(21)15(17)11-23-19(12)20(13)24/h4,8-9,11-14,17,23H,2-3,5-7,10H2,1H3/t12?,13-,14-,17?/m1/s1. The smallest absolute Gasteiger partial charge is 0.0618 e. The van der Waals surface area contributed by atoms with Gasteiger partial charge in [-0.05, 0) is 38.2 Å². The summed E-state index contributed by atoms with van der Waals surface area (Å²) in [7, 11) is 0. The second-order valence-corrected chi connectivity index (χ2v) is 7.97. The van der Waals surface area contributed by atoms with Crippen LogP contribution in [0.25, 0.3) is 0 Å². The van der Waals surface area contributed by atoms with E-state index < -0.39 is 0 Å². The molecule has 0 aromatic carbocycles. The molecule has 4 heteroatoms. The van der Waals surface area contributed by atoms with Crippen molar-refractivity contribution in [1.29, 1.82) is 0 Å². The van der Waals surface area contributed by atoms with Gasteiger partial charge in [0.25, 0.3) is 0 Å². The predicted molar refractivity (Wildman–Crippen MR) is 98.5 cm³/mol. The maximum Gasteiger partial charge on any atom is 0.0618 e. The molecule has 0 aromatic heterocycles. The average molecular weight is 342 g/mol. The number of hydrogen-bond acceptors (Lipinski definition) is 3. The van der Waals surface area contributed by atoms with Gasteiger partial charge in [-0.2, -0.15) is 0 Å². The first-order chi connectivity index (χ1) is 11.8. The number of dihydropyridines is 1. The second-order valence-electron chi connectivity index (χ2n) is 7.56. The summed E-state index contributed by atoms with van der Waals surface area (Å²) in [6.07, 6.45) is 14.6. The van der Waals surface area contributed by atoms with Crippen LogP contribution in [0.5, 0.6) is 0 Å². The van der Waals surface area contributed by atoms with Gasteiger partial charge in [0.15, 0.2) is 0 Å². The van der Waals surface area contributed by atoms with Crippen LogP contribution in [0.1, 0.15) is 39.0 Å². The summed E-state index contributed by atoms with van der Waals surface area (Å²) in [5, 5.41) is 4.63. The zero-order chi connectivity index (χ0) is 16.3. The summed E-state index contributed by atoms with van der Waals surface area (Å²) in [6.45, 7) is 3.25. The van der Waals surface area contributed by atoms with Crippen LogP contribution in [0, 0.1) is 17.8 Å². The van der Waals surface area contributed by atoms with E-state index in [2.05, 4.69) is 40.5 Å². The Morgan fingerprint density at radius 1 is 1.29 bits per heavy atom. The molecule has 4 atom stereocenters. The molecule has 0 saturated carbocycles. The molecule has 2 aliphatic carbocycles. The Hall–Kier alpha value is -1.48. The minimum Gasteiger partial charge on any atom is -0.363 e. The van der Waals surface area contributed by atoms with Crippen molar-refractivity contribution in [2.24, 2.45) is 22.7 Å². The van der Waals surface area contributed by atoms with Gasteiger partial charge in [0.05, 0.1) is 6.04 Å². The Kier molecular flexibility index (Phi) is 3.41. The minimum absolute atomic E-state index is 0.378. The first-order valence-electron chi connectivity index (χ1n) is 9.35. The molecule has 1 saturated heterocycles. The van der Waals surface area contributed by atoms with Crippen molar-refractivity contribution in [3.05, 3.63) is 46.0 Å². The number of hydrogen-bond donors (Lipinski definition) is 1. The van der Waals surface area contributed by atoms with Crippen LogP contribution in [0.3, 0.4) is 0 Å². The second kappa shape index (κ2) is 5.52. The summed E-state index contributed by atoms with van der Waals surface area (Å²) in [5.41, 5.74) is 5.74.